The van der Waals surface area contributed by atoms with Crippen LogP contribution in [0.3, 0.4) is 0 Å². The molecule has 1 saturated heterocycles. The van der Waals surface area contributed by atoms with Crippen LogP contribution < -0.4 is 4.74 Å². The SMILES string of the molecule is COc1cc(C=O)cc(CN2CCC[C@H](C)C2)c1O. The van der Waals surface area contributed by atoms with Gasteiger partial charge in [0.25, 0.3) is 0 Å². The van der Waals surface area contributed by atoms with Gasteiger partial charge in [-0.15, -0.1) is 0 Å². The van der Waals surface area contributed by atoms with E-state index in [1.807, 2.05) is 0 Å². The molecule has 1 heterocycles. The van der Waals surface area contributed by atoms with E-state index in [4.69, 9.17) is 4.74 Å². The van der Waals surface area contributed by atoms with Gasteiger partial charge in [0.2, 0.25) is 0 Å². The minimum atomic E-state index is 0.145. The largest absolute Gasteiger partial charge is 0.504 e. The number of phenolic OH excluding ortho intramolecular Hbond substituents is 1. The zero-order chi connectivity index (χ0) is 13.8. The Morgan fingerprint density at radius 3 is 2.95 bits per heavy atom. The summed E-state index contributed by atoms with van der Waals surface area (Å²) in [5.74, 6) is 1.20. The van der Waals surface area contributed by atoms with E-state index in [9.17, 15) is 9.90 Å². The van der Waals surface area contributed by atoms with Gasteiger partial charge in [-0.1, -0.05) is 6.92 Å². The molecule has 1 atom stereocenters. The summed E-state index contributed by atoms with van der Waals surface area (Å²) < 4.78 is 5.11. The lowest BCUT2D eigenvalue weighted by atomic mass is 9.99. The summed E-state index contributed by atoms with van der Waals surface area (Å²) in [4.78, 5) is 13.2. The predicted octanol–water partition coefficient (Wildman–Crippen LogP) is 2.45. The third-order valence-corrected chi connectivity index (χ3v) is 3.67. The van der Waals surface area contributed by atoms with Gasteiger partial charge in [-0.2, -0.15) is 0 Å². The smallest absolute Gasteiger partial charge is 0.162 e. The first-order valence-electron chi connectivity index (χ1n) is 6.71. The number of carbonyl (C=O) groups excluding carboxylic acids is 1. The van der Waals surface area contributed by atoms with Crippen LogP contribution in [0.1, 0.15) is 35.7 Å². The molecule has 0 aromatic heterocycles. The van der Waals surface area contributed by atoms with E-state index in [1.54, 1.807) is 12.1 Å². The number of likely N-dealkylation sites (tertiary alicyclic amines) is 1. The van der Waals surface area contributed by atoms with E-state index >= 15 is 0 Å². The number of piperidine rings is 1. The molecule has 104 valence electrons. The number of methoxy groups -OCH3 is 1. The lowest BCUT2D eigenvalue weighted by Gasteiger charge is -2.31. The molecule has 1 aliphatic rings. The summed E-state index contributed by atoms with van der Waals surface area (Å²) in [5, 5.41) is 10.1. The van der Waals surface area contributed by atoms with Gasteiger partial charge >= 0.3 is 0 Å². The van der Waals surface area contributed by atoms with Gasteiger partial charge < -0.3 is 9.84 Å². The number of carbonyl (C=O) groups is 1. The minimum Gasteiger partial charge on any atom is -0.504 e. The lowest BCUT2D eigenvalue weighted by Crippen LogP contribution is -2.33. The van der Waals surface area contributed by atoms with Crippen molar-refractivity contribution in [2.45, 2.75) is 26.3 Å². The van der Waals surface area contributed by atoms with Gasteiger partial charge in [0.15, 0.2) is 11.5 Å². The Bertz CT molecular complexity index is 459. The van der Waals surface area contributed by atoms with Crippen molar-refractivity contribution in [3.05, 3.63) is 23.3 Å². The highest BCUT2D eigenvalue weighted by Crippen LogP contribution is 2.32. The molecule has 0 spiro atoms. The first kappa shape index (κ1) is 13.9. The quantitative estimate of drug-likeness (QED) is 0.848. The highest BCUT2D eigenvalue weighted by Gasteiger charge is 2.19. The monoisotopic (exact) mass is 263 g/mol. The lowest BCUT2D eigenvalue weighted by molar-refractivity contribution is 0.112. The van der Waals surface area contributed by atoms with Crippen LogP contribution >= 0.6 is 0 Å². The molecule has 4 heteroatoms. The van der Waals surface area contributed by atoms with Crippen LogP contribution in [0.25, 0.3) is 0 Å². The number of benzene rings is 1. The number of rotatable bonds is 4. The Kier molecular flexibility index (Phi) is 4.43. The summed E-state index contributed by atoms with van der Waals surface area (Å²) in [6.45, 7) is 4.98. The number of aldehydes is 1. The summed E-state index contributed by atoms with van der Waals surface area (Å²) >= 11 is 0. The number of nitrogens with zero attached hydrogens (tertiary/aromatic N) is 1. The Balaban J connectivity index is 2.20. The molecular formula is C15H21NO3. The fourth-order valence-corrected chi connectivity index (χ4v) is 2.70. The molecule has 19 heavy (non-hydrogen) atoms. The zero-order valence-corrected chi connectivity index (χ0v) is 11.6. The molecule has 2 rings (SSSR count). The first-order chi connectivity index (χ1) is 9.13. The summed E-state index contributed by atoms with van der Waals surface area (Å²) in [7, 11) is 1.50. The second-order valence-corrected chi connectivity index (χ2v) is 5.33. The molecule has 1 fully saturated rings. The molecule has 0 aliphatic carbocycles. The van der Waals surface area contributed by atoms with E-state index in [1.165, 1.54) is 20.0 Å². The Morgan fingerprint density at radius 1 is 1.53 bits per heavy atom. The first-order valence-corrected chi connectivity index (χ1v) is 6.71. The third kappa shape index (κ3) is 3.26. The van der Waals surface area contributed by atoms with E-state index < -0.39 is 0 Å². The highest BCUT2D eigenvalue weighted by molar-refractivity contribution is 5.77. The van der Waals surface area contributed by atoms with Crippen molar-refractivity contribution in [2.75, 3.05) is 20.2 Å². The van der Waals surface area contributed by atoms with Crippen LogP contribution in [-0.4, -0.2) is 36.5 Å². The maximum absolute atomic E-state index is 10.9. The van der Waals surface area contributed by atoms with Crippen molar-refractivity contribution in [1.82, 2.24) is 4.90 Å². The van der Waals surface area contributed by atoms with Crippen molar-refractivity contribution >= 4 is 6.29 Å². The van der Waals surface area contributed by atoms with Gasteiger partial charge in [0, 0.05) is 24.2 Å². The fourth-order valence-electron chi connectivity index (χ4n) is 2.70. The minimum absolute atomic E-state index is 0.145. The van der Waals surface area contributed by atoms with Gasteiger partial charge in [-0.3, -0.25) is 9.69 Å². The van der Waals surface area contributed by atoms with Crippen molar-refractivity contribution < 1.29 is 14.6 Å². The van der Waals surface area contributed by atoms with Gasteiger partial charge in [-0.25, -0.2) is 0 Å². The van der Waals surface area contributed by atoms with Crippen molar-refractivity contribution in [3.8, 4) is 11.5 Å². The predicted molar refractivity (Wildman–Crippen MR) is 73.7 cm³/mol. The molecule has 1 aliphatic heterocycles. The van der Waals surface area contributed by atoms with Crippen molar-refractivity contribution in [2.24, 2.45) is 5.92 Å². The molecular weight excluding hydrogens is 242 g/mol. The standard InChI is InChI=1S/C15H21NO3/c1-11-4-3-5-16(8-11)9-13-6-12(10-17)7-14(19-2)15(13)18/h6-7,10-11,18H,3-5,8-9H2,1-2H3/t11-/m0/s1. The van der Waals surface area contributed by atoms with E-state index in [0.717, 1.165) is 24.9 Å². The maximum atomic E-state index is 10.9. The summed E-state index contributed by atoms with van der Waals surface area (Å²) in [5.41, 5.74) is 1.30. The van der Waals surface area contributed by atoms with E-state index in [2.05, 4.69) is 11.8 Å². The summed E-state index contributed by atoms with van der Waals surface area (Å²) in [6, 6.07) is 3.30. The van der Waals surface area contributed by atoms with E-state index in [0.29, 0.717) is 23.8 Å². The average molecular weight is 263 g/mol. The Morgan fingerprint density at radius 2 is 2.32 bits per heavy atom. The van der Waals surface area contributed by atoms with Crippen molar-refractivity contribution in [3.63, 3.8) is 0 Å². The maximum Gasteiger partial charge on any atom is 0.162 e. The van der Waals surface area contributed by atoms with Crippen LogP contribution in [0.2, 0.25) is 0 Å². The third-order valence-electron chi connectivity index (χ3n) is 3.67. The van der Waals surface area contributed by atoms with Gasteiger partial charge in [-0.05, 0) is 37.4 Å². The molecule has 0 unspecified atom stereocenters. The number of phenols is 1. The van der Waals surface area contributed by atoms with Gasteiger partial charge in [0.05, 0.1) is 7.11 Å². The molecule has 4 nitrogen and oxygen atoms in total. The topological polar surface area (TPSA) is 49.8 Å². The van der Waals surface area contributed by atoms with Crippen molar-refractivity contribution in [1.29, 1.82) is 0 Å². The zero-order valence-electron chi connectivity index (χ0n) is 11.6. The molecule has 0 amide bonds. The van der Waals surface area contributed by atoms with Crippen LogP contribution in [-0.2, 0) is 6.54 Å². The second-order valence-electron chi connectivity index (χ2n) is 5.33. The Labute approximate surface area is 114 Å². The van der Waals surface area contributed by atoms with Crippen LogP contribution in [0, 0.1) is 5.92 Å². The fraction of sp³-hybridized carbons (Fsp3) is 0.533. The number of hydrogen-bond donors (Lipinski definition) is 1. The molecule has 0 bridgehead atoms. The molecule has 0 radical (unpaired) electrons. The van der Waals surface area contributed by atoms with E-state index in [-0.39, 0.29) is 5.75 Å². The Hall–Kier alpha value is -1.55. The molecule has 1 aromatic rings. The average Bonchev–Trinajstić information content (AvgIpc) is 2.41. The number of hydrogen-bond acceptors (Lipinski definition) is 4. The van der Waals surface area contributed by atoms with Crippen LogP contribution in [0.5, 0.6) is 11.5 Å². The highest BCUT2D eigenvalue weighted by atomic mass is 16.5. The molecule has 1 N–H and O–H groups in total. The van der Waals surface area contributed by atoms with Crippen LogP contribution in [0.15, 0.2) is 12.1 Å². The normalized spacial score (nSPS) is 20.2. The molecule has 1 aromatic carbocycles. The number of aromatic hydroxyl groups is 1. The summed E-state index contributed by atoms with van der Waals surface area (Å²) in [6.07, 6.45) is 3.23. The molecule has 0 saturated carbocycles. The second kappa shape index (κ2) is 6.06. The van der Waals surface area contributed by atoms with Crippen LogP contribution in [0.4, 0.5) is 0 Å². The van der Waals surface area contributed by atoms with Gasteiger partial charge in [0.1, 0.15) is 6.29 Å². The number of ether oxygens (including phenoxy) is 1.